The highest BCUT2D eigenvalue weighted by atomic mass is 32.1. The highest BCUT2D eigenvalue weighted by Gasteiger charge is 2.43. The molecule has 0 amide bonds. The van der Waals surface area contributed by atoms with E-state index in [1.807, 2.05) is 42.6 Å². The molecule has 35 heavy (non-hydrogen) atoms. The average molecular weight is 485 g/mol. The van der Waals surface area contributed by atoms with E-state index in [1.165, 1.54) is 11.1 Å². The predicted molar refractivity (Wildman–Crippen MR) is 143 cm³/mol. The molecule has 178 valence electrons. The van der Waals surface area contributed by atoms with Gasteiger partial charge in [0, 0.05) is 29.8 Å². The zero-order valence-electron chi connectivity index (χ0n) is 20.2. The molecular weight excluding hydrogens is 456 g/mol. The second kappa shape index (κ2) is 9.43. The van der Waals surface area contributed by atoms with Gasteiger partial charge in [-0.25, -0.2) is 0 Å². The van der Waals surface area contributed by atoms with E-state index < -0.39 is 0 Å². The molecule has 1 saturated heterocycles. The van der Waals surface area contributed by atoms with Crippen molar-refractivity contribution >= 4 is 23.0 Å². The highest BCUT2D eigenvalue weighted by molar-refractivity contribution is 7.80. The minimum Gasteiger partial charge on any atom is -0.497 e. The standard InChI is InChI=1S/C28H28N4O2S/c1-18-10-11-20(16-19(18)2)31-15-7-9-23(31)27-26(22-8-5-6-14-29-22)30-28(35)32(27)24-17-21(33-3)12-13-25(24)34-4/h5-17,26-27H,1-4H3,(H,30,35)/t26-,27+/m1/s1. The van der Waals surface area contributed by atoms with E-state index in [4.69, 9.17) is 21.7 Å². The van der Waals surface area contributed by atoms with Crippen LogP contribution >= 0.6 is 12.2 Å². The summed E-state index contributed by atoms with van der Waals surface area (Å²) < 4.78 is 13.5. The van der Waals surface area contributed by atoms with Gasteiger partial charge in [-0.15, -0.1) is 0 Å². The predicted octanol–water partition coefficient (Wildman–Crippen LogP) is 5.68. The van der Waals surface area contributed by atoms with Crippen LogP contribution in [0.3, 0.4) is 0 Å². The molecule has 6 nitrogen and oxygen atoms in total. The number of thiocarbonyl (C=S) groups is 1. The molecule has 0 radical (unpaired) electrons. The maximum atomic E-state index is 5.92. The van der Waals surface area contributed by atoms with Gasteiger partial charge in [-0.3, -0.25) is 4.98 Å². The molecule has 5 rings (SSSR count). The summed E-state index contributed by atoms with van der Waals surface area (Å²) in [6, 6.07) is 22.1. The lowest BCUT2D eigenvalue weighted by molar-refractivity contribution is 0.402. The molecular formula is C28H28N4O2S. The molecule has 4 aromatic rings. The van der Waals surface area contributed by atoms with E-state index in [1.54, 1.807) is 14.2 Å². The van der Waals surface area contributed by atoms with Crippen molar-refractivity contribution in [3.63, 3.8) is 0 Å². The van der Waals surface area contributed by atoms with Crippen LogP contribution in [-0.2, 0) is 0 Å². The summed E-state index contributed by atoms with van der Waals surface area (Å²) in [6.45, 7) is 4.27. The highest BCUT2D eigenvalue weighted by Crippen LogP contribution is 2.46. The Morgan fingerprint density at radius 1 is 0.914 bits per heavy atom. The number of hydrogen-bond acceptors (Lipinski definition) is 4. The van der Waals surface area contributed by atoms with E-state index in [-0.39, 0.29) is 12.1 Å². The smallest absolute Gasteiger partial charge is 0.174 e. The number of nitrogens with zero attached hydrogens (tertiary/aromatic N) is 3. The Hall–Kier alpha value is -3.84. The summed E-state index contributed by atoms with van der Waals surface area (Å²) in [5.41, 5.74) is 6.44. The lowest BCUT2D eigenvalue weighted by atomic mass is 10.00. The second-order valence-corrected chi connectivity index (χ2v) is 8.99. The van der Waals surface area contributed by atoms with Crippen LogP contribution in [0.5, 0.6) is 11.5 Å². The maximum absolute atomic E-state index is 5.92. The van der Waals surface area contributed by atoms with Crippen LogP contribution in [-0.4, -0.2) is 28.9 Å². The molecule has 0 bridgehead atoms. The van der Waals surface area contributed by atoms with E-state index >= 15 is 0 Å². The first-order valence-electron chi connectivity index (χ1n) is 11.5. The number of ether oxygens (including phenoxy) is 2. The molecule has 2 aromatic carbocycles. The minimum absolute atomic E-state index is 0.167. The molecule has 1 fully saturated rings. The van der Waals surface area contributed by atoms with Gasteiger partial charge in [0.25, 0.3) is 0 Å². The lowest BCUT2D eigenvalue weighted by Gasteiger charge is -2.30. The number of anilines is 1. The van der Waals surface area contributed by atoms with Crippen LogP contribution < -0.4 is 19.7 Å². The van der Waals surface area contributed by atoms with Gasteiger partial charge in [0.1, 0.15) is 17.5 Å². The van der Waals surface area contributed by atoms with Gasteiger partial charge in [-0.1, -0.05) is 12.1 Å². The van der Waals surface area contributed by atoms with Crippen LogP contribution in [0.1, 0.15) is 34.6 Å². The summed E-state index contributed by atoms with van der Waals surface area (Å²) in [7, 11) is 3.33. The number of pyridine rings is 1. The monoisotopic (exact) mass is 484 g/mol. The number of aromatic nitrogens is 2. The van der Waals surface area contributed by atoms with Gasteiger partial charge < -0.3 is 24.3 Å². The third-order valence-corrected chi connectivity index (χ3v) is 6.91. The molecule has 0 spiro atoms. The molecule has 2 atom stereocenters. The van der Waals surface area contributed by atoms with Crippen molar-refractivity contribution in [3.05, 3.63) is 102 Å². The lowest BCUT2D eigenvalue weighted by Crippen LogP contribution is -2.30. The Kier molecular flexibility index (Phi) is 6.17. The topological polar surface area (TPSA) is 51.6 Å². The van der Waals surface area contributed by atoms with Crippen LogP contribution in [0, 0.1) is 13.8 Å². The van der Waals surface area contributed by atoms with Crippen molar-refractivity contribution in [1.82, 2.24) is 14.9 Å². The molecule has 3 heterocycles. The Balaban J connectivity index is 1.71. The third-order valence-electron chi connectivity index (χ3n) is 6.60. The van der Waals surface area contributed by atoms with E-state index in [2.05, 4.69) is 70.1 Å². The SMILES string of the molecule is COc1ccc(OC)c(N2C(=S)N[C@H](c3ccccn3)[C@@H]2c2cccn2-c2ccc(C)c(C)c2)c1. The van der Waals surface area contributed by atoms with Gasteiger partial charge in [-0.05, 0) is 85.7 Å². The van der Waals surface area contributed by atoms with Crippen molar-refractivity contribution in [2.24, 2.45) is 0 Å². The van der Waals surface area contributed by atoms with E-state index in [9.17, 15) is 0 Å². The number of aryl methyl sites for hydroxylation is 2. The van der Waals surface area contributed by atoms with Crippen molar-refractivity contribution in [1.29, 1.82) is 0 Å². The molecule has 0 saturated carbocycles. The summed E-state index contributed by atoms with van der Waals surface area (Å²) >= 11 is 5.92. The number of benzene rings is 2. The number of rotatable bonds is 6. The zero-order chi connectivity index (χ0) is 24.5. The van der Waals surface area contributed by atoms with Gasteiger partial charge in [0.05, 0.1) is 31.6 Å². The maximum Gasteiger partial charge on any atom is 0.174 e. The first-order valence-corrected chi connectivity index (χ1v) is 11.9. The number of methoxy groups -OCH3 is 2. The van der Waals surface area contributed by atoms with E-state index in [0.29, 0.717) is 10.9 Å². The molecule has 7 heteroatoms. The quantitative estimate of drug-likeness (QED) is 0.355. The van der Waals surface area contributed by atoms with Crippen molar-refractivity contribution in [2.45, 2.75) is 25.9 Å². The number of nitrogens with one attached hydrogen (secondary N) is 1. The summed E-state index contributed by atoms with van der Waals surface area (Å²) in [5, 5.41) is 4.13. The van der Waals surface area contributed by atoms with Gasteiger partial charge in [-0.2, -0.15) is 0 Å². The molecule has 1 aliphatic rings. The molecule has 0 aliphatic carbocycles. The summed E-state index contributed by atoms with van der Waals surface area (Å²) in [5.74, 6) is 1.44. The Morgan fingerprint density at radius 3 is 2.49 bits per heavy atom. The summed E-state index contributed by atoms with van der Waals surface area (Å²) in [6.07, 6.45) is 3.91. The fourth-order valence-corrected chi connectivity index (χ4v) is 4.98. The van der Waals surface area contributed by atoms with Crippen LogP contribution in [0.15, 0.2) is 79.1 Å². The third kappa shape index (κ3) is 4.12. The Bertz CT molecular complexity index is 1370. The fourth-order valence-electron chi connectivity index (χ4n) is 4.65. The molecule has 1 aliphatic heterocycles. The normalized spacial score (nSPS) is 17.4. The molecule has 2 aromatic heterocycles. The van der Waals surface area contributed by atoms with Gasteiger partial charge in [0.2, 0.25) is 0 Å². The second-order valence-electron chi connectivity index (χ2n) is 8.61. The largest absolute Gasteiger partial charge is 0.497 e. The van der Waals surface area contributed by atoms with Gasteiger partial charge >= 0.3 is 0 Å². The Labute approximate surface area is 211 Å². The average Bonchev–Trinajstić information content (AvgIpc) is 3.50. The first kappa shape index (κ1) is 22.9. The van der Waals surface area contributed by atoms with Crippen LogP contribution in [0.25, 0.3) is 5.69 Å². The van der Waals surface area contributed by atoms with Crippen LogP contribution in [0.4, 0.5) is 5.69 Å². The van der Waals surface area contributed by atoms with Gasteiger partial charge in [0.15, 0.2) is 5.11 Å². The van der Waals surface area contributed by atoms with E-state index in [0.717, 1.165) is 28.5 Å². The summed E-state index contributed by atoms with van der Waals surface area (Å²) in [4.78, 5) is 6.79. The fraction of sp³-hybridized carbons (Fsp3) is 0.214. The molecule has 1 N–H and O–H groups in total. The Morgan fingerprint density at radius 2 is 1.77 bits per heavy atom. The minimum atomic E-state index is -0.185. The van der Waals surface area contributed by atoms with Crippen LogP contribution in [0.2, 0.25) is 0 Å². The van der Waals surface area contributed by atoms with Crippen molar-refractivity contribution < 1.29 is 9.47 Å². The first-order chi connectivity index (χ1) is 17.0. The van der Waals surface area contributed by atoms with Crippen molar-refractivity contribution in [3.8, 4) is 17.2 Å². The zero-order valence-corrected chi connectivity index (χ0v) is 21.0. The molecule has 0 unspecified atom stereocenters. The number of hydrogen-bond donors (Lipinski definition) is 1. The van der Waals surface area contributed by atoms with Crippen molar-refractivity contribution in [2.75, 3.05) is 19.1 Å².